The van der Waals surface area contributed by atoms with Gasteiger partial charge in [-0.3, -0.25) is 10.1 Å². The number of benzene rings is 1. The molecule has 0 unspecified atom stereocenters. The summed E-state index contributed by atoms with van der Waals surface area (Å²) in [6.07, 6.45) is 4.33. The fourth-order valence-electron chi connectivity index (χ4n) is 3.18. The molecule has 0 spiro atoms. The van der Waals surface area contributed by atoms with Crippen molar-refractivity contribution in [2.24, 2.45) is 0 Å². The van der Waals surface area contributed by atoms with Crippen LogP contribution >= 0.6 is 0 Å². The number of rotatable bonds is 6. The molecule has 0 radical (unpaired) electrons. The highest BCUT2D eigenvalue weighted by Gasteiger charge is 2.26. The van der Waals surface area contributed by atoms with Crippen molar-refractivity contribution in [1.82, 2.24) is 9.97 Å². The Bertz CT molecular complexity index is 852. The van der Waals surface area contributed by atoms with Gasteiger partial charge in [0.1, 0.15) is 11.5 Å². The Morgan fingerprint density at radius 2 is 1.86 bits per heavy atom. The highest BCUT2D eigenvalue weighted by molar-refractivity contribution is 5.77. The maximum Gasteiger partial charge on any atom is 0.353 e. The molecule has 0 amide bonds. The number of nitrogens with one attached hydrogen (secondary N) is 1. The Hall–Kier alpha value is -3.30. The molecule has 1 aromatic carbocycles. The van der Waals surface area contributed by atoms with Crippen LogP contribution < -0.4 is 25.4 Å². The van der Waals surface area contributed by atoms with Gasteiger partial charge in [-0.05, 0) is 25.0 Å². The van der Waals surface area contributed by atoms with Crippen LogP contribution in [-0.4, -0.2) is 42.2 Å². The highest BCUT2D eigenvalue weighted by atomic mass is 16.6. The largest absolute Gasteiger partial charge is 0.497 e. The van der Waals surface area contributed by atoms with Gasteiger partial charge in [0.2, 0.25) is 17.6 Å². The van der Waals surface area contributed by atoms with E-state index >= 15 is 0 Å². The average molecular weight is 388 g/mol. The van der Waals surface area contributed by atoms with Crippen LogP contribution in [0.25, 0.3) is 0 Å². The van der Waals surface area contributed by atoms with Crippen LogP contribution in [0.1, 0.15) is 25.7 Å². The number of nitrogens with two attached hydrogens (primary N) is 1. The number of ether oxygens (including phenoxy) is 2. The minimum absolute atomic E-state index is 0.0169. The lowest BCUT2D eigenvalue weighted by Gasteiger charge is -2.21. The molecule has 2 aromatic rings. The number of nitro groups is 1. The Kier molecular flexibility index (Phi) is 5.97. The van der Waals surface area contributed by atoms with Crippen molar-refractivity contribution in [1.29, 1.82) is 0 Å². The van der Waals surface area contributed by atoms with Crippen LogP contribution in [-0.2, 0) is 0 Å². The van der Waals surface area contributed by atoms with E-state index in [1.807, 2.05) is 4.90 Å². The summed E-state index contributed by atoms with van der Waals surface area (Å²) in [7, 11) is 3.05. The lowest BCUT2D eigenvalue weighted by atomic mass is 10.2. The lowest BCUT2D eigenvalue weighted by Crippen LogP contribution is -2.26. The first-order valence-electron chi connectivity index (χ1n) is 9.09. The Morgan fingerprint density at radius 3 is 2.46 bits per heavy atom. The van der Waals surface area contributed by atoms with Crippen LogP contribution in [0.5, 0.6) is 11.5 Å². The smallest absolute Gasteiger partial charge is 0.353 e. The Balaban J connectivity index is 2.04. The maximum absolute atomic E-state index is 11.6. The van der Waals surface area contributed by atoms with Gasteiger partial charge in [0.05, 0.1) is 24.8 Å². The zero-order valence-corrected chi connectivity index (χ0v) is 16.0. The molecule has 1 aliphatic heterocycles. The third-order valence-corrected chi connectivity index (χ3v) is 4.63. The summed E-state index contributed by atoms with van der Waals surface area (Å²) >= 11 is 0. The molecule has 2 heterocycles. The SMILES string of the molecule is COc1ccc(OC)c(Nc2nc(N3CCCCCC3)nc(N)c2[N+](=O)[O-])c1. The summed E-state index contributed by atoms with van der Waals surface area (Å²) in [5.74, 6) is 1.28. The van der Waals surface area contributed by atoms with E-state index < -0.39 is 4.92 Å². The first-order chi connectivity index (χ1) is 13.5. The van der Waals surface area contributed by atoms with Crippen LogP contribution in [0.2, 0.25) is 0 Å². The van der Waals surface area contributed by atoms with Gasteiger partial charge < -0.3 is 25.4 Å². The molecular formula is C18H24N6O4. The number of anilines is 4. The third kappa shape index (κ3) is 4.16. The second-order valence-corrected chi connectivity index (χ2v) is 6.46. The fraction of sp³-hybridized carbons (Fsp3) is 0.444. The quantitative estimate of drug-likeness (QED) is 0.566. The standard InChI is InChI=1S/C18H24N6O4/c1-27-12-7-8-14(28-2)13(11-12)20-17-15(24(25)26)16(19)21-18(22-17)23-9-5-3-4-6-10-23/h7-8,11H,3-6,9-10H2,1-2H3,(H3,19,20,21,22). The van der Waals surface area contributed by atoms with E-state index in [0.29, 0.717) is 23.1 Å². The maximum atomic E-state index is 11.6. The number of hydrogen-bond donors (Lipinski definition) is 2. The first-order valence-corrected chi connectivity index (χ1v) is 9.09. The van der Waals surface area contributed by atoms with Crippen molar-refractivity contribution in [3.05, 3.63) is 28.3 Å². The van der Waals surface area contributed by atoms with E-state index in [4.69, 9.17) is 15.2 Å². The van der Waals surface area contributed by atoms with Crippen LogP contribution in [0.4, 0.5) is 29.0 Å². The molecule has 1 saturated heterocycles. The minimum Gasteiger partial charge on any atom is -0.497 e. The number of hydrogen-bond acceptors (Lipinski definition) is 9. The first kappa shape index (κ1) is 19.5. The molecule has 150 valence electrons. The van der Waals surface area contributed by atoms with E-state index in [9.17, 15) is 10.1 Å². The van der Waals surface area contributed by atoms with Crippen molar-refractivity contribution in [3.63, 3.8) is 0 Å². The molecule has 0 aliphatic carbocycles. The normalized spacial score (nSPS) is 14.3. The summed E-state index contributed by atoms with van der Waals surface area (Å²) in [4.78, 5) is 21.6. The van der Waals surface area contributed by atoms with Crippen molar-refractivity contribution >= 4 is 29.0 Å². The summed E-state index contributed by atoms with van der Waals surface area (Å²) in [6, 6.07) is 5.11. The fourth-order valence-corrected chi connectivity index (χ4v) is 3.18. The molecule has 3 N–H and O–H groups in total. The zero-order chi connectivity index (χ0) is 20.1. The van der Waals surface area contributed by atoms with Gasteiger partial charge in [0.15, 0.2) is 0 Å². The highest BCUT2D eigenvalue weighted by Crippen LogP contribution is 2.37. The van der Waals surface area contributed by atoms with E-state index in [0.717, 1.165) is 38.8 Å². The van der Waals surface area contributed by atoms with Gasteiger partial charge in [-0.25, -0.2) is 0 Å². The monoisotopic (exact) mass is 388 g/mol. The summed E-state index contributed by atoms with van der Waals surface area (Å²) in [5.41, 5.74) is 6.04. The topological polar surface area (TPSA) is 129 Å². The van der Waals surface area contributed by atoms with Crippen LogP contribution in [0.15, 0.2) is 18.2 Å². The average Bonchev–Trinajstić information content (AvgIpc) is 2.96. The number of nitrogens with zero attached hydrogens (tertiary/aromatic N) is 4. The number of aromatic nitrogens is 2. The molecule has 3 rings (SSSR count). The van der Waals surface area contributed by atoms with Gasteiger partial charge in [-0.15, -0.1) is 0 Å². The van der Waals surface area contributed by atoms with Crippen LogP contribution in [0.3, 0.4) is 0 Å². The summed E-state index contributed by atoms with van der Waals surface area (Å²) < 4.78 is 10.6. The molecular weight excluding hydrogens is 364 g/mol. The van der Waals surface area contributed by atoms with Gasteiger partial charge in [0, 0.05) is 19.2 Å². The second kappa shape index (κ2) is 8.59. The molecule has 10 heteroatoms. The Morgan fingerprint density at radius 1 is 1.14 bits per heavy atom. The van der Waals surface area contributed by atoms with Gasteiger partial charge in [-0.1, -0.05) is 12.8 Å². The zero-order valence-electron chi connectivity index (χ0n) is 16.0. The molecule has 1 aliphatic rings. The summed E-state index contributed by atoms with van der Waals surface area (Å²) in [5, 5.41) is 14.6. The third-order valence-electron chi connectivity index (χ3n) is 4.63. The molecule has 10 nitrogen and oxygen atoms in total. The predicted molar refractivity (Wildman–Crippen MR) is 107 cm³/mol. The van der Waals surface area contributed by atoms with Crippen molar-refractivity contribution in [2.75, 3.05) is 43.3 Å². The van der Waals surface area contributed by atoms with Gasteiger partial charge >= 0.3 is 5.69 Å². The van der Waals surface area contributed by atoms with E-state index in [-0.39, 0.29) is 17.3 Å². The molecule has 0 saturated carbocycles. The van der Waals surface area contributed by atoms with Crippen molar-refractivity contribution in [3.8, 4) is 11.5 Å². The van der Waals surface area contributed by atoms with E-state index in [2.05, 4.69) is 15.3 Å². The molecule has 1 fully saturated rings. The molecule has 1 aromatic heterocycles. The lowest BCUT2D eigenvalue weighted by molar-refractivity contribution is -0.383. The molecule has 0 atom stereocenters. The second-order valence-electron chi connectivity index (χ2n) is 6.46. The van der Waals surface area contributed by atoms with Gasteiger partial charge in [-0.2, -0.15) is 9.97 Å². The molecule has 0 bridgehead atoms. The van der Waals surface area contributed by atoms with E-state index in [1.165, 1.54) is 14.2 Å². The number of nitrogen functional groups attached to an aromatic ring is 1. The van der Waals surface area contributed by atoms with Gasteiger partial charge in [0.25, 0.3) is 0 Å². The predicted octanol–water partition coefficient (Wildman–Crippen LogP) is 3.11. The molecule has 28 heavy (non-hydrogen) atoms. The Labute approximate surface area is 162 Å². The summed E-state index contributed by atoms with van der Waals surface area (Å²) in [6.45, 7) is 1.58. The van der Waals surface area contributed by atoms with Crippen LogP contribution in [0, 0.1) is 10.1 Å². The van der Waals surface area contributed by atoms with E-state index in [1.54, 1.807) is 18.2 Å². The number of methoxy groups -OCH3 is 2. The minimum atomic E-state index is -0.587. The van der Waals surface area contributed by atoms with Crippen molar-refractivity contribution < 1.29 is 14.4 Å². The van der Waals surface area contributed by atoms with Crippen molar-refractivity contribution in [2.45, 2.75) is 25.7 Å².